The summed E-state index contributed by atoms with van der Waals surface area (Å²) in [5.74, 6) is -0.333. The van der Waals surface area contributed by atoms with Crippen LogP contribution in [0.5, 0.6) is 0 Å². The number of furan rings is 1. The quantitative estimate of drug-likeness (QED) is 0.441. The molecule has 7 heteroatoms. The Morgan fingerprint density at radius 2 is 1.73 bits per heavy atom. The summed E-state index contributed by atoms with van der Waals surface area (Å²) in [6.07, 6.45) is 1.78. The molecule has 2 heterocycles. The third kappa shape index (κ3) is 4.22. The van der Waals surface area contributed by atoms with Crippen LogP contribution in [-0.4, -0.2) is 32.2 Å². The highest BCUT2D eigenvalue weighted by molar-refractivity contribution is 8.26. The maximum atomic E-state index is 13.0. The number of carbonyl (C=O) groups is 2. The van der Waals surface area contributed by atoms with E-state index in [0.717, 1.165) is 22.9 Å². The summed E-state index contributed by atoms with van der Waals surface area (Å²) in [4.78, 5) is 26.4. The van der Waals surface area contributed by atoms with Gasteiger partial charge in [0.2, 0.25) is 0 Å². The van der Waals surface area contributed by atoms with Crippen molar-refractivity contribution in [3.63, 3.8) is 0 Å². The molecule has 0 spiro atoms. The highest BCUT2D eigenvalue weighted by atomic mass is 32.2. The molecule has 3 aromatic rings. The maximum absolute atomic E-state index is 13.0. The fourth-order valence-corrected chi connectivity index (χ4v) is 4.53. The normalized spacial score (nSPS) is 16.3. The van der Waals surface area contributed by atoms with Gasteiger partial charge in [-0.25, -0.2) is 4.79 Å². The second kappa shape index (κ2) is 8.69. The molecule has 1 fully saturated rings. The highest BCUT2D eigenvalue weighted by Gasteiger charge is 2.40. The Balaban J connectivity index is 1.57. The lowest BCUT2D eigenvalue weighted by Gasteiger charge is -2.23. The number of carboxylic acid groups (broad SMARTS) is 1. The van der Waals surface area contributed by atoms with Crippen molar-refractivity contribution in [2.24, 2.45) is 0 Å². The molecule has 0 saturated carbocycles. The second-order valence-corrected chi connectivity index (χ2v) is 8.34. The molecule has 1 atom stereocenters. The number of rotatable bonds is 6. The first-order chi connectivity index (χ1) is 14.5. The lowest BCUT2D eigenvalue weighted by Crippen LogP contribution is -2.45. The summed E-state index contributed by atoms with van der Waals surface area (Å²) in [6.45, 7) is 0. The van der Waals surface area contributed by atoms with Crippen LogP contribution in [0, 0.1) is 0 Å². The largest absolute Gasteiger partial charge is 0.480 e. The number of thioether (sulfide) groups is 1. The van der Waals surface area contributed by atoms with Crippen molar-refractivity contribution in [1.82, 2.24) is 4.90 Å². The number of benzene rings is 2. The fourth-order valence-electron chi connectivity index (χ4n) is 3.19. The van der Waals surface area contributed by atoms with Gasteiger partial charge in [0.15, 0.2) is 0 Å². The molecule has 1 aliphatic rings. The summed E-state index contributed by atoms with van der Waals surface area (Å²) in [7, 11) is 0. The number of aliphatic carboxylic acids is 1. The Morgan fingerprint density at radius 1 is 1.07 bits per heavy atom. The minimum atomic E-state index is -1.10. The molecule has 1 aromatic heterocycles. The minimum Gasteiger partial charge on any atom is -0.480 e. The smallest absolute Gasteiger partial charge is 0.327 e. The topological polar surface area (TPSA) is 70.8 Å². The van der Waals surface area contributed by atoms with Gasteiger partial charge in [-0.2, -0.15) is 0 Å². The summed E-state index contributed by atoms with van der Waals surface area (Å²) in [5, 5.41) is 9.74. The molecule has 30 heavy (non-hydrogen) atoms. The molecule has 0 aliphatic carbocycles. The Hall–Kier alpha value is -3.16. The number of carbonyl (C=O) groups excluding carboxylic acids is 1. The van der Waals surface area contributed by atoms with E-state index in [9.17, 15) is 14.7 Å². The SMILES string of the molecule is O=C(O)[C@@H](Cc1ccccc1)N1C(=O)/C(=C/c2ccc(-c3ccccc3)o2)SC1=S. The van der Waals surface area contributed by atoms with E-state index >= 15 is 0 Å². The average Bonchev–Trinajstić information content (AvgIpc) is 3.32. The van der Waals surface area contributed by atoms with E-state index in [1.807, 2.05) is 66.7 Å². The van der Waals surface area contributed by atoms with Gasteiger partial charge < -0.3 is 9.52 Å². The molecule has 1 amide bonds. The van der Waals surface area contributed by atoms with Crippen molar-refractivity contribution in [1.29, 1.82) is 0 Å². The first-order valence-electron chi connectivity index (χ1n) is 9.22. The van der Waals surface area contributed by atoms with E-state index in [1.165, 1.54) is 4.90 Å². The Labute approximate surface area is 183 Å². The van der Waals surface area contributed by atoms with Gasteiger partial charge in [0.25, 0.3) is 5.91 Å². The number of amides is 1. The molecule has 5 nitrogen and oxygen atoms in total. The zero-order valence-corrected chi connectivity index (χ0v) is 17.4. The molecule has 0 radical (unpaired) electrons. The number of thiocarbonyl (C=S) groups is 1. The summed E-state index contributed by atoms with van der Waals surface area (Å²) < 4.78 is 6.06. The fraction of sp³-hybridized carbons (Fsp3) is 0.0870. The number of hydrogen-bond donors (Lipinski definition) is 1. The van der Waals surface area contributed by atoms with Crippen LogP contribution in [0.4, 0.5) is 0 Å². The van der Waals surface area contributed by atoms with Crippen molar-refractivity contribution >= 4 is 46.3 Å². The van der Waals surface area contributed by atoms with Crippen molar-refractivity contribution in [2.75, 3.05) is 0 Å². The van der Waals surface area contributed by atoms with Crippen molar-refractivity contribution < 1.29 is 19.1 Å². The monoisotopic (exact) mass is 435 g/mol. The van der Waals surface area contributed by atoms with Crippen LogP contribution in [0.3, 0.4) is 0 Å². The van der Waals surface area contributed by atoms with Crippen LogP contribution >= 0.6 is 24.0 Å². The van der Waals surface area contributed by atoms with Crippen LogP contribution in [-0.2, 0) is 16.0 Å². The van der Waals surface area contributed by atoms with Crippen LogP contribution in [0.15, 0.2) is 82.1 Å². The third-order valence-electron chi connectivity index (χ3n) is 4.65. The van der Waals surface area contributed by atoms with Crippen molar-refractivity contribution in [2.45, 2.75) is 12.5 Å². The van der Waals surface area contributed by atoms with Crippen LogP contribution in [0.1, 0.15) is 11.3 Å². The van der Waals surface area contributed by atoms with E-state index in [4.69, 9.17) is 16.6 Å². The number of hydrogen-bond acceptors (Lipinski definition) is 5. The standard InChI is InChI=1S/C23H17NO4S2/c25-21-20(14-17-11-12-19(28-17)16-9-5-2-6-10-16)30-23(29)24(21)18(22(26)27)13-15-7-3-1-4-8-15/h1-12,14,18H,13H2,(H,26,27)/b20-14-/t18-/m1/s1. The van der Waals surface area contributed by atoms with Gasteiger partial charge in [0, 0.05) is 18.1 Å². The van der Waals surface area contributed by atoms with E-state index in [-0.39, 0.29) is 10.7 Å². The minimum absolute atomic E-state index is 0.175. The van der Waals surface area contributed by atoms with Gasteiger partial charge in [0.05, 0.1) is 4.91 Å². The van der Waals surface area contributed by atoms with Gasteiger partial charge in [-0.05, 0) is 17.7 Å². The predicted octanol–water partition coefficient (Wildman–Crippen LogP) is 4.84. The lowest BCUT2D eigenvalue weighted by atomic mass is 10.0. The van der Waals surface area contributed by atoms with Gasteiger partial charge in [-0.1, -0.05) is 84.6 Å². The third-order valence-corrected chi connectivity index (χ3v) is 5.98. The first kappa shape index (κ1) is 20.1. The highest BCUT2D eigenvalue weighted by Crippen LogP contribution is 2.35. The Bertz CT molecular complexity index is 1120. The van der Waals surface area contributed by atoms with Gasteiger partial charge in [-0.3, -0.25) is 9.69 Å². The van der Waals surface area contributed by atoms with Gasteiger partial charge in [-0.15, -0.1) is 0 Å². The van der Waals surface area contributed by atoms with Crippen LogP contribution in [0.2, 0.25) is 0 Å². The van der Waals surface area contributed by atoms with Crippen molar-refractivity contribution in [3.05, 3.63) is 89.0 Å². The molecule has 1 aliphatic heterocycles. The zero-order valence-electron chi connectivity index (χ0n) is 15.7. The maximum Gasteiger partial charge on any atom is 0.327 e. The molecule has 0 unspecified atom stereocenters. The lowest BCUT2D eigenvalue weighted by molar-refractivity contribution is -0.145. The van der Waals surface area contributed by atoms with E-state index in [1.54, 1.807) is 12.1 Å². The Morgan fingerprint density at radius 3 is 2.40 bits per heavy atom. The van der Waals surface area contributed by atoms with E-state index in [0.29, 0.717) is 16.4 Å². The van der Waals surface area contributed by atoms with E-state index in [2.05, 4.69) is 0 Å². The average molecular weight is 436 g/mol. The predicted molar refractivity (Wildman–Crippen MR) is 121 cm³/mol. The molecule has 4 rings (SSSR count). The number of carboxylic acids is 1. The second-order valence-electron chi connectivity index (χ2n) is 6.66. The van der Waals surface area contributed by atoms with Gasteiger partial charge in [0.1, 0.15) is 21.9 Å². The first-order valence-corrected chi connectivity index (χ1v) is 10.4. The molecule has 0 bridgehead atoms. The molecule has 150 valence electrons. The molecule has 2 aromatic carbocycles. The summed E-state index contributed by atoms with van der Waals surface area (Å²) in [6, 6.07) is 21.3. The zero-order chi connectivity index (χ0) is 21.1. The van der Waals surface area contributed by atoms with Crippen molar-refractivity contribution in [3.8, 4) is 11.3 Å². The number of nitrogens with zero attached hydrogens (tertiary/aromatic N) is 1. The van der Waals surface area contributed by atoms with E-state index < -0.39 is 17.9 Å². The molecular formula is C23H17NO4S2. The molecule has 1 N–H and O–H groups in total. The van der Waals surface area contributed by atoms with Crippen LogP contribution in [0.25, 0.3) is 17.4 Å². The molecule has 1 saturated heterocycles. The summed E-state index contributed by atoms with van der Waals surface area (Å²) >= 11 is 6.42. The molecular weight excluding hydrogens is 418 g/mol. The summed E-state index contributed by atoms with van der Waals surface area (Å²) in [5.41, 5.74) is 1.75. The van der Waals surface area contributed by atoms with Gasteiger partial charge >= 0.3 is 5.97 Å². The Kier molecular flexibility index (Phi) is 5.83. The van der Waals surface area contributed by atoms with Crippen LogP contribution < -0.4 is 0 Å².